The van der Waals surface area contributed by atoms with Crippen molar-refractivity contribution < 1.29 is 42.9 Å². The molecular weight excluding hydrogens is 558 g/mol. The molecule has 12 heteroatoms. The van der Waals surface area contributed by atoms with Gasteiger partial charge in [-0.15, -0.1) is 0 Å². The van der Waals surface area contributed by atoms with E-state index in [9.17, 15) is 24.0 Å². The van der Waals surface area contributed by atoms with Gasteiger partial charge in [-0.1, -0.05) is 18.2 Å². The second kappa shape index (κ2) is 16.2. The van der Waals surface area contributed by atoms with Gasteiger partial charge in [0.1, 0.15) is 11.6 Å². The molecule has 43 heavy (non-hydrogen) atoms. The maximum absolute atomic E-state index is 13.2. The SMILES string of the molecule is CCOC(=O)C=CCC(NC(=O)/C(C)=C/c1ccc(C(=O)Oc2ccc(C(=N)N)cc2)cc1)(C(=O)OCC)C(=O)OCC. The summed E-state index contributed by atoms with van der Waals surface area (Å²) >= 11 is 0. The Labute approximate surface area is 249 Å². The van der Waals surface area contributed by atoms with Gasteiger partial charge < -0.3 is 30.0 Å². The Morgan fingerprint density at radius 3 is 1.88 bits per heavy atom. The van der Waals surface area contributed by atoms with Crippen LogP contribution >= 0.6 is 0 Å². The molecule has 228 valence electrons. The van der Waals surface area contributed by atoms with Crippen molar-refractivity contribution in [2.45, 2.75) is 39.7 Å². The molecule has 0 heterocycles. The Morgan fingerprint density at radius 1 is 0.837 bits per heavy atom. The average Bonchev–Trinajstić information content (AvgIpc) is 2.97. The van der Waals surface area contributed by atoms with Crippen LogP contribution in [0.25, 0.3) is 6.08 Å². The van der Waals surface area contributed by atoms with Gasteiger partial charge in [0.25, 0.3) is 0 Å². The molecule has 2 rings (SSSR count). The number of benzene rings is 2. The lowest BCUT2D eigenvalue weighted by atomic mass is 9.93. The number of nitrogens with one attached hydrogen (secondary N) is 2. The maximum atomic E-state index is 13.2. The van der Waals surface area contributed by atoms with Crippen molar-refractivity contribution in [1.29, 1.82) is 5.41 Å². The lowest BCUT2D eigenvalue weighted by Crippen LogP contribution is -2.61. The van der Waals surface area contributed by atoms with Crippen LogP contribution in [0.1, 0.15) is 55.6 Å². The molecule has 1 amide bonds. The molecule has 0 fully saturated rings. The molecule has 0 spiro atoms. The van der Waals surface area contributed by atoms with Crippen molar-refractivity contribution in [3.05, 3.63) is 82.9 Å². The van der Waals surface area contributed by atoms with Gasteiger partial charge in [-0.05, 0) is 75.7 Å². The number of carbonyl (C=O) groups is 5. The maximum Gasteiger partial charge on any atom is 0.344 e. The molecule has 12 nitrogen and oxygen atoms in total. The molecule has 0 unspecified atom stereocenters. The van der Waals surface area contributed by atoms with Crippen LogP contribution in [0.5, 0.6) is 5.75 Å². The standard InChI is InChI=1S/C31H35N3O9/c1-5-40-25(35)9-8-18-31(29(38)41-6-2,30(39)42-7-3)34-27(36)20(4)19-21-10-12-23(13-11-21)28(37)43-24-16-14-22(15-17-24)26(32)33/h8-17,19H,5-7,18H2,1-4H3,(H3,32,33)(H,34,36)/b9-8?,20-19+. The summed E-state index contributed by atoms with van der Waals surface area (Å²) in [7, 11) is 0. The highest BCUT2D eigenvalue weighted by Crippen LogP contribution is 2.20. The number of nitrogens with two attached hydrogens (primary N) is 1. The van der Waals surface area contributed by atoms with Crippen LogP contribution in [-0.2, 0) is 33.4 Å². The van der Waals surface area contributed by atoms with Crippen LogP contribution in [0.15, 0.2) is 66.3 Å². The molecule has 0 radical (unpaired) electrons. The zero-order chi connectivity index (χ0) is 32.0. The van der Waals surface area contributed by atoms with Crippen molar-refractivity contribution in [3.63, 3.8) is 0 Å². The third kappa shape index (κ3) is 9.66. The number of amides is 1. The third-order valence-electron chi connectivity index (χ3n) is 5.80. The first-order valence-electron chi connectivity index (χ1n) is 13.4. The van der Waals surface area contributed by atoms with E-state index < -0.39 is 41.7 Å². The highest BCUT2D eigenvalue weighted by molar-refractivity contribution is 6.11. The van der Waals surface area contributed by atoms with Crippen LogP contribution in [-0.4, -0.2) is 61.0 Å². The molecule has 0 saturated carbocycles. The molecule has 0 aliphatic rings. The van der Waals surface area contributed by atoms with Crippen molar-refractivity contribution in [2.24, 2.45) is 5.73 Å². The van der Waals surface area contributed by atoms with Gasteiger partial charge in [0.15, 0.2) is 0 Å². The van der Waals surface area contributed by atoms with Gasteiger partial charge in [-0.2, -0.15) is 0 Å². The van der Waals surface area contributed by atoms with Crippen LogP contribution in [0.2, 0.25) is 0 Å². The zero-order valence-electron chi connectivity index (χ0n) is 24.4. The molecule has 0 saturated heterocycles. The number of amidine groups is 1. The molecular formula is C31H35N3O9. The molecule has 0 bridgehead atoms. The van der Waals surface area contributed by atoms with E-state index in [0.29, 0.717) is 11.1 Å². The smallest absolute Gasteiger partial charge is 0.344 e. The van der Waals surface area contributed by atoms with Crippen LogP contribution in [0.3, 0.4) is 0 Å². The number of esters is 4. The molecule has 0 aliphatic carbocycles. The van der Waals surface area contributed by atoms with E-state index in [1.54, 1.807) is 45.0 Å². The fourth-order valence-corrected chi connectivity index (χ4v) is 3.63. The summed E-state index contributed by atoms with van der Waals surface area (Å²) in [4.78, 5) is 63.5. The van der Waals surface area contributed by atoms with Gasteiger partial charge >= 0.3 is 23.9 Å². The Morgan fingerprint density at radius 2 is 1.37 bits per heavy atom. The second-order valence-corrected chi connectivity index (χ2v) is 8.94. The third-order valence-corrected chi connectivity index (χ3v) is 5.80. The van der Waals surface area contributed by atoms with E-state index in [-0.39, 0.29) is 42.5 Å². The van der Waals surface area contributed by atoms with Gasteiger partial charge in [0.05, 0.1) is 25.4 Å². The Hall–Kier alpha value is -5.26. The van der Waals surface area contributed by atoms with Crippen LogP contribution in [0, 0.1) is 5.41 Å². The van der Waals surface area contributed by atoms with Crippen molar-refractivity contribution in [3.8, 4) is 5.75 Å². The second-order valence-electron chi connectivity index (χ2n) is 8.94. The topological polar surface area (TPSA) is 184 Å². The predicted octanol–water partition coefficient (Wildman–Crippen LogP) is 3.08. The van der Waals surface area contributed by atoms with Crippen molar-refractivity contribution >= 4 is 41.7 Å². The number of rotatable bonds is 14. The Kier molecular flexibility index (Phi) is 12.8. The number of carbonyl (C=O) groups excluding carboxylic acids is 5. The van der Waals surface area contributed by atoms with Crippen molar-refractivity contribution in [2.75, 3.05) is 19.8 Å². The summed E-state index contributed by atoms with van der Waals surface area (Å²) in [5, 5.41) is 9.86. The number of hydrogen-bond donors (Lipinski definition) is 3. The summed E-state index contributed by atoms with van der Waals surface area (Å²) in [6.45, 7) is 6.15. The number of ether oxygens (including phenoxy) is 4. The monoisotopic (exact) mass is 593 g/mol. The minimum atomic E-state index is -2.27. The lowest BCUT2D eigenvalue weighted by molar-refractivity contribution is -0.167. The normalized spacial score (nSPS) is 11.4. The summed E-state index contributed by atoms with van der Waals surface area (Å²) in [6.07, 6.45) is 3.32. The lowest BCUT2D eigenvalue weighted by Gasteiger charge is -2.29. The average molecular weight is 594 g/mol. The zero-order valence-corrected chi connectivity index (χ0v) is 24.4. The summed E-state index contributed by atoms with van der Waals surface area (Å²) in [5.41, 5.74) is 4.55. The molecule has 4 N–H and O–H groups in total. The van der Waals surface area contributed by atoms with E-state index >= 15 is 0 Å². The fourth-order valence-electron chi connectivity index (χ4n) is 3.63. The van der Waals surface area contributed by atoms with E-state index in [1.807, 2.05) is 0 Å². The van der Waals surface area contributed by atoms with Gasteiger partial charge in [0, 0.05) is 23.6 Å². The molecule has 2 aromatic rings. The quantitative estimate of drug-likeness (QED) is 0.0559. The van der Waals surface area contributed by atoms with Gasteiger partial charge in [-0.25, -0.2) is 19.2 Å². The fraction of sp³-hybridized carbons (Fsp3) is 0.290. The summed E-state index contributed by atoms with van der Waals surface area (Å²) in [6, 6.07) is 12.3. The highest BCUT2D eigenvalue weighted by atomic mass is 16.6. The number of nitrogen functional groups attached to an aromatic ring is 1. The van der Waals surface area contributed by atoms with E-state index in [4.69, 9.17) is 30.1 Å². The van der Waals surface area contributed by atoms with Crippen LogP contribution < -0.4 is 15.8 Å². The van der Waals surface area contributed by atoms with E-state index in [2.05, 4.69) is 5.32 Å². The van der Waals surface area contributed by atoms with E-state index in [0.717, 1.165) is 6.08 Å². The first-order chi connectivity index (χ1) is 20.5. The molecule has 0 atom stereocenters. The molecule has 0 aromatic heterocycles. The predicted molar refractivity (Wildman–Crippen MR) is 157 cm³/mol. The minimum absolute atomic E-state index is 0.0786. The number of hydrogen-bond acceptors (Lipinski definition) is 10. The summed E-state index contributed by atoms with van der Waals surface area (Å²) < 4.78 is 20.4. The van der Waals surface area contributed by atoms with E-state index in [1.165, 1.54) is 43.3 Å². The highest BCUT2D eigenvalue weighted by Gasteiger charge is 2.49. The Bertz CT molecular complexity index is 1380. The first kappa shape index (κ1) is 33.9. The largest absolute Gasteiger partial charge is 0.464 e. The van der Waals surface area contributed by atoms with Gasteiger partial charge in [-0.3, -0.25) is 10.2 Å². The Balaban J connectivity index is 2.25. The van der Waals surface area contributed by atoms with Gasteiger partial charge in [0.2, 0.25) is 11.4 Å². The summed E-state index contributed by atoms with van der Waals surface area (Å²) in [5.74, 6) is -4.03. The van der Waals surface area contributed by atoms with Crippen LogP contribution in [0.4, 0.5) is 0 Å². The first-order valence-corrected chi connectivity index (χ1v) is 13.4. The molecule has 0 aliphatic heterocycles. The minimum Gasteiger partial charge on any atom is -0.464 e. The molecule has 2 aromatic carbocycles. The van der Waals surface area contributed by atoms with Crippen molar-refractivity contribution in [1.82, 2.24) is 5.32 Å².